The summed E-state index contributed by atoms with van der Waals surface area (Å²) in [5.74, 6) is 0.166. The van der Waals surface area contributed by atoms with E-state index in [1.807, 2.05) is 4.90 Å². The molecule has 0 aliphatic carbocycles. The van der Waals surface area contributed by atoms with Crippen molar-refractivity contribution >= 4 is 27.3 Å². The normalized spacial score (nSPS) is 26.6. The maximum Gasteiger partial charge on any atom is 0.252 e. The number of likely N-dealkylation sites (tertiary alicyclic amines) is 1. The Morgan fingerprint density at radius 2 is 2.13 bits per heavy atom. The zero-order chi connectivity index (χ0) is 16.5. The monoisotopic (exact) mass is 354 g/mol. The number of carbonyl (C=O) groups excluding carboxylic acids is 1. The van der Waals surface area contributed by atoms with Crippen molar-refractivity contribution in [3.8, 4) is 0 Å². The molecule has 2 aliphatic rings. The second kappa shape index (κ2) is 6.37. The predicted molar refractivity (Wildman–Crippen MR) is 90.8 cm³/mol. The van der Waals surface area contributed by atoms with Gasteiger partial charge in [-0.05, 0) is 37.1 Å². The third kappa shape index (κ3) is 2.97. The molecule has 2 fully saturated rings. The summed E-state index contributed by atoms with van der Waals surface area (Å²) >= 11 is 1.26. The molecule has 2 aliphatic heterocycles. The maximum atomic E-state index is 12.7. The minimum absolute atomic E-state index is 0.166. The van der Waals surface area contributed by atoms with Crippen LogP contribution in [0.5, 0.6) is 0 Å². The minimum Gasteiger partial charge on any atom is -0.333 e. The highest BCUT2D eigenvalue weighted by Gasteiger charge is 2.46. The van der Waals surface area contributed by atoms with Gasteiger partial charge < -0.3 is 4.90 Å². The summed E-state index contributed by atoms with van der Waals surface area (Å²) in [6.45, 7) is 5.30. The van der Waals surface area contributed by atoms with Gasteiger partial charge in [0, 0.05) is 31.6 Å². The van der Waals surface area contributed by atoms with Crippen molar-refractivity contribution in [1.29, 1.82) is 0 Å². The van der Waals surface area contributed by atoms with Crippen LogP contribution in [0.3, 0.4) is 0 Å². The Hall–Kier alpha value is -1.18. The van der Waals surface area contributed by atoms with Crippen molar-refractivity contribution in [3.63, 3.8) is 0 Å². The summed E-state index contributed by atoms with van der Waals surface area (Å²) in [5.41, 5.74) is -0.189. The first kappa shape index (κ1) is 16.7. The number of rotatable bonds is 4. The molecule has 1 aromatic rings. The molecule has 5 nitrogen and oxygen atoms in total. The van der Waals surface area contributed by atoms with E-state index in [1.165, 1.54) is 11.3 Å². The highest BCUT2D eigenvalue weighted by Crippen LogP contribution is 2.39. The Labute approximate surface area is 141 Å². The molecule has 1 atom stereocenters. The number of thiophene rings is 1. The van der Waals surface area contributed by atoms with Crippen molar-refractivity contribution in [1.82, 2.24) is 9.21 Å². The van der Waals surface area contributed by atoms with E-state index in [9.17, 15) is 13.2 Å². The molecule has 0 N–H and O–H groups in total. The standard InChI is InChI=1S/C16H22N2O3S2/c1-2-10-18-14(19)6-8-16(18)7-4-11-17(12-9-16)23(20,21)15-5-3-13-22-15/h2-3,5,13H,1,4,6-12H2. The smallest absolute Gasteiger partial charge is 0.252 e. The SMILES string of the molecule is C=CCN1C(=O)CCC12CCCN(S(=O)(=O)c1cccs1)CC2. The third-order valence-corrected chi connectivity index (χ3v) is 8.23. The molecule has 0 aromatic carbocycles. The van der Waals surface area contributed by atoms with Crippen LogP contribution in [0.2, 0.25) is 0 Å². The van der Waals surface area contributed by atoms with Crippen LogP contribution in [-0.4, -0.2) is 48.7 Å². The Morgan fingerprint density at radius 1 is 1.30 bits per heavy atom. The van der Waals surface area contributed by atoms with E-state index in [-0.39, 0.29) is 11.4 Å². The molecular weight excluding hydrogens is 332 g/mol. The first-order valence-electron chi connectivity index (χ1n) is 7.95. The summed E-state index contributed by atoms with van der Waals surface area (Å²) in [6.07, 6.45) is 5.50. The summed E-state index contributed by atoms with van der Waals surface area (Å²) in [4.78, 5) is 14.1. The number of hydrogen-bond donors (Lipinski definition) is 0. The Balaban J connectivity index is 1.80. The molecule has 23 heavy (non-hydrogen) atoms. The van der Waals surface area contributed by atoms with Gasteiger partial charge in [-0.2, -0.15) is 4.31 Å². The lowest BCUT2D eigenvalue weighted by atomic mass is 9.88. The molecule has 1 amide bonds. The van der Waals surface area contributed by atoms with E-state index in [0.717, 1.165) is 19.3 Å². The Bertz CT molecular complexity index is 684. The van der Waals surface area contributed by atoms with Crippen molar-refractivity contribution in [2.24, 2.45) is 0 Å². The van der Waals surface area contributed by atoms with Gasteiger partial charge in [-0.15, -0.1) is 17.9 Å². The van der Waals surface area contributed by atoms with Gasteiger partial charge in [-0.1, -0.05) is 12.1 Å². The van der Waals surface area contributed by atoms with Gasteiger partial charge in [0.15, 0.2) is 0 Å². The molecule has 0 bridgehead atoms. The zero-order valence-corrected chi connectivity index (χ0v) is 14.7. The number of sulfonamides is 1. The lowest BCUT2D eigenvalue weighted by Gasteiger charge is -2.37. The molecule has 1 unspecified atom stereocenters. The van der Waals surface area contributed by atoms with Gasteiger partial charge in [0.1, 0.15) is 4.21 Å². The van der Waals surface area contributed by atoms with Gasteiger partial charge >= 0.3 is 0 Å². The highest BCUT2D eigenvalue weighted by atomic mass is 32.2. The van der Waals surface area contributed by atoms with E-state index in [2.05, 4.69) is 6.58 Å². The quantitative estimate of drug-likeness (QED) is 0.781. The van der Waals surface area contributed by atoms with Crippen molar-refractivity contribution in [2.45, 2.75) is 41.9 Å². The first-order chi connectivity index (χ1) is 11.0. The van der Waals surface area contributed by atoms with Crippen LogP contribution >= 0.6 is 11.3 Å². The number of carbonyl (C=O) groups is 1. The van der Waals surface area contributed by atoms with Gasteiger partial charge in [0.2, 0.25) is 5.91 Å². The summed E-state index contributed by atoms with van der Waals surface area (Å²) in [7, 11) is -3.40. The van der Waals surface area contributed by atoms with Gasteiger partial charge in [0.05, 0.1) is 0 Å². The Kier molecular flexibility index (Phi) is 4.62. The van der Waals surface area contributed by atoms with Crippen LogP contribution < -0.4 is 0 Å². The third-order valence-electron chi connectivity index (χ3n) is 4.95. The van der Waals surface area contributed by atoms with Crippen LogP contribution in [0, 0.1) is 0 Å². The first-order valence-corrected chi connectivity index (χ1v) is 10.3. The van der Waals surface area contributed by atoms with Crippen LogP contribution in [0.25, 0.3) is 0 Å². The molecular formula is C16H22N2O3S2. The maximum absolute atomic E-state index is 12.7. The van der Waals surface area contributed by atoms with Crippen LogP contribution in [0.15, 0.2) is 34.4 Å². The molecule has 7 heteroatoms. The van der Waals surface area contributed by atoms with E-state index < -0.39 is 10.0 Å². The number of hydrogen-bond acceptors (Lipinski definition) is 4. The second-order valence-corrected chi connectivity index (χ2v) is 9.32. The molecule has 1 spiro atoms. The average Bonchev–Trinajstić information content (AvgIpc) is 3.09. The fourth-order valence-corrected chi connectivity index (χ4v) is 6.37. The Morgan fingerprint density at radius 3 is 2.83 bits per heavy atom. The summed E-state index contributed by atoms with van der Waals surface area (Å²) < 4.78 is 27.4. The fraction of sp³-hybridized carbons (Fsp3) is 0.562. The lowest BCUT2D eigenvalue weighted by Crippen LogP contribution is -2.46. The average molecular weight is 354 g/mol. The molecule has 126 valence electrons. The van der Waals surface area contributed by atoms with Gasteiger partial charge in [-0.3, -0.25) is 4.79 Å². The summed E-state index contributed by atoms with van der Waals surface area (Å²) in [6, 6.07) is 3.42. The topological polar surface area (TPSA) is 57.7 Å². The summed E-state index contributed by atoms with van der Waals surface area (Å²) in [5, 5.41) is 1.79. The molecule has 3 rings (SSSR count). The second-order valence-electron chi connectivity index (χ2n) is 6.21. The highest BCUT2D eigenvalue weighted by molar-refractivity contribution is 7.91. The molecule has 0 saturated carbocycles. The van der Waals surface area contributed by atoms with Gasteiger partial charge in [0.25, 0.3) is 10.0 Å². The fourth-order valence-electron chi connectivity index (χ4n) is 3.75. The largest absolute Gasteiger partial charge is 0.333 e. The van der Waals surface area contributed by atoms with Crippen LogP contribution in [-0.2, 0) is 14.8 Å². The molecule has 3 heterocycles. The molecule has 2 saturated heterocycles. The van der Waals surface area contributed by atoms with Crippen LogP contribution in [0.1, 0.15) is 32.1 Å². The van der Waals surface area contributed by atoms with Gasteiger partial charge in [-0.25, -0.2) is 8.42 Å². The molecule has 1 aromatic heterocycles. The van der Waals surface area contributed by atoms with E-state index >= 15 is 0 Å². The van der Waals surface area contributed by atoms with E-state index in [4.69, 9.17) is 0 Å². The minimum atomic E-state index is -3.40. The predicted octanol–water partition coefficient (Wildman–Crippen LogP) is 2.47. The van der Waals surface area contributed by atoms with Crippen molar-refractivity contribution in [3.05, 3.63) is 30.2 Å². The molecule has 0 radical (unpaired) electrons. The zero-order valence-electron chi connectivity index (χ0n) is 13.1. The van der Waals surface area contributed by atoms with Crippen LogP contribution in [0.4, 0.5) is 0 Å². The number of amides is 1. The van der Waals surface area contributed by atoms with E-state index in [1.54, 1.807) is 27.9 Å². The number of nitrogens with zero attached hydrogens (tertiary/aromatic N) is 2. The van der Waals surface area contributed by atoms with E-state index in [0.29, 0.717) is 36.7 Å². The van der Waals surface area contributed by atoms with Crippen molar-refractivity contribution in [2.75, 3.05) is 19.6 Å². The van der Waals surface area contributed by atoms with Crippen molar-refractivity contribution < 1.29 is 13.2 Å². The lowest BCUT2D eigenvalue weighted by molar-refractivity contribution is -0.130.